The van der Waals surface area contributed by atoms with Crippen molar-refractivity contribution in [3.8, 4) is 0 Å². The largest absolute Gasteiger partial charge is 0.445 e. The minimum atomic E-state index is -1.49. The number of pyridine rings is 1. The highest BCUT2D eigenvalue weighted by Gasteiger charge is 2.38. The molecule has 286 valence electrons. The van der Waals surface area contributed by atoms with Crippen LogP contribution in [0.3, 0.4) is 0 Å². The van der Waals surface area contributed by atoms with Crippen LogP contribution in [-0.4, -0.2) is 64.2 Å². The maximum Gasteiger partial charge on any atom is 0.408 e. The third kappa shape index (κ3) is 13.1. The summed E-state index contributed by atoms with van der Waals surface area (Å²) in [4.78, 5) is 58.6. The van der Waals surface area contributed by atoms with Crippen molar-refractivity contribution in [2.75, 3.05) is 0 Å². The van der Waals surface area contributed by atoms with Gasteiger partial charge >= 0.3 is 6.09 Å². The van der Waals surface area contributed by atoms with Crippen molar-refractivity contribution in [2.45, 2.75) is 84.1 Å². The van der Waals surface area contributed by atoms with Crippen LogP contribution in [0, 0.1) is 11.8 Å². The van der Waals surface area contributed by atoms with Crippen LogP contribution in [-0.2, 0) is 45.2 Å². The van der Waals surface area contributed by atoms with E-state index in [0.717, 1.165) is 16.7 Å². The summed E-state index contributed by atoms with van der Waals surface area (Å²) in [7, 11) is 0. The molecule has 0 fully saturated rings. The molecule has 5 atom stereocenters. The molecule has 0 aliphatic rings. The normalized spacial score (nSPS) is 13.9. The van der Waals surface area contributed by atoms with Gasteiger partial charge in [-0.15, -0.1) is 0 Å². The molecule has 0 spiro atoms. The zero-order chi connectivity index (χ0) is 38.9. The van der Waals surface area contributed by atoms with Crippen molar-refractivity contribution in [1.82, 2.24) is 31.6 Å². The van der Waals surface area contributed by atoms with E-state index in [4.69, 9.17) is 4.74 Å². The monoisotopic (exact) mass is 736 g/mol. The second-order valence-corrected chi connectivity index (χ2v) is 13.8. The molecule has 0 bridgehead atoms. The number of carbonyl (C=O) groups excluding carboxylic acids is 4. The Bertz CT molecular complexity index is 1740. The van der Waals surface area contributed by atoms with Crippen molar-refractivity contribution in [1.29, 1.82) is 0 Å². The molecule has 1 heterocycles. The fourth-order valence-electron chi connectivity index (χ4n) is 5.82. The summed E-state index contributed by atoms with van der Waals surface area (Å²) in [6, 6.07) is 29.0. The van der Waals surface area contributed by atoms with Gasteiger partial charge in [0.1, 0.15) is 24.7 Å². The van der Waals surface area contributed by atoms with E-state index in [1.54, 1.807) is 32.2 Å². The Labute approximate surface area is 317 Å². The second-order valence-electron chi connectivity index (χ2n) is 13.8. The summed E-state index contributed by atoms with van der Waals surface area (Å²) in [5.41, 5.74) is 3.12. The maximum absolute atomic E-state index is 14.2. The number of aliphatic hydroxyl groups excluding tert-OH is 1. The lowest BCUT2D eigenvalue weighted by molar-refractivity contribution is -0.134. The summed E-state index contributed by atoms with van der Waals surface area (Å²) in [6.45, 7) is 7.61. The average Bonchev–Trinajstić information content (AvgIpc) is 3.18. The van der Waals surface area contributed by atoms with Crippen LogP contribution in [0.15, 0.2) is 115 Å². The number of alkyl carbamates (subject to hydrolysis) is 1. The van der Waals surface area contributed by atoms with Gasteiger partial charge in [-0.1, -0.05) is 125 Å². The van der Waals surface area contributed by atoms with E-state index in [2.05, 4.69) is 31.6 Å². The number of ether oxygens (including phenoxy) is 1. The molecule has 0 radical (unpaired) electrons. The van der Waals surface area contributed by atoms with Gasteiger partial charge in [-0.25, -0.2) is 4.79 Å². The number of aromatic nitrogens is 1. The number of hydrogen-bond donors (Lipinski definition) is 6. The molecule has 4 rings (SSSR count). The third-order valence-corrected chi connectivity index (χ3v) is 8.88. The maximum atomic E-state index is 14.2. The Kier molecular flexibility index (Phi) is 16.2. The Balaban J connectivity index is 1.56. The number of nitrogens with zero attached hydrogens (tertiary/aromatic N) is 1. The van der Waals surface area contributed by atoms with E-state index >= 15 is 0 Å². The Morgan fingerprint density at radius 2 is 1.15 bits per heavy atom. The van der Waals surface area contributed by atoms with Gasteiger partial charge in [0, 0.05) is 12.7 Å². The molecule has 0 saturated carbocycles. The number of aliphatic hydroxyl groups is 1. The molecule has 0 saturated heterocycles. The predicted molar refractivity (Wildman–Crippen MR) is 206 cm³/mol. The topological polar surface area (TPSA) is 171 Å². The quantitative estimate of drug-likeness (QED) is 0.0838. The van der Waals surface area contributed by atoms with E-state index in [1.165, 1.54) is 0 Å². The number of hydrogen-bond acceptors (Lipinski definition) is 8. The van der Waals surface area contributed by atoms with Crippen molar-refractivity contribution in [3.63, 3.8) is 0 Å². The Morgan fingerprint density at radius 3 is 1.72 bits per heavy atom. The molecule has 3 aromatic carbocycles. The van der Waals surface area contributed by atoms with Gasteiger partial charge < -0.3 is 31.1 Å². The summed E-state index contributed by atoms with van der Waals surface area (Å²) in [5, 5.41) is 26.6. The molecule has 4 aromatic rings. The van der Waals surface area contributed by atoms with Gasteiger partial charge in [0.15, 0.2) is 0 Å². The number of carbonyl (C=O) groups is 4. The number of rotatable bonds is 19. The van der Waals surface area contributed by atoms with Crippen LogP contribution >= 0.6 is 0 Å². The molecule has 12 nitrogen and oxygen atoms in total. The minimum Gasteiger partial charge on any atom is -0.445 e. The van der Waals surface area contributed by atoms with E-state index < -0.39 is 54.1 Å². The molecule has 1 aromatic heterocycles. The third-order valence-electron chi connectivity index (χ3n) is 8.88. The SMILES string of the molecule is CC(C)[C@H](NC(=O)OCc1ccccc1)C(=O)N[C@@H](Cc1ccccc1)[C@H](O)[C@@H](NCc1ccccc1)C(=O)N[C@H](C(=O)NCc1ccccn1)C(C)C. The van der Waals surface area contributed by atoms with E-state index in [-0.39, 0.29) is 38.0 Å². The molecule has 0 aliphatic carbocycles. The Hall–Kier alpha value is -5.59. The zero-order valence-electron chi connectivity index (χ0n) is 31.3. The van der Waals surface area contributed by atoms with Crippen molar-refractivity contribution in [2.24, 2.45) is 11.8 Å². The highest BCUT2D eigenvalue weighted by molar-refractivity contribution is 5.90. The first-order chi connectivity index (χ1) is 26.0. The first kappa shape index (κ1) is 41.2. The first-order valence-electron chi connectivity index (χ1n) is 18.3. The average molecular weight is 737 g/mol. The number of benzene rings is 3. The van der Waals surface area contributed by atoms with Crippen LogP contribution in [0.4, 0.5) is 4.79 Å². The zero-order valence-corrected chi connectivity index (χ0v) is 31.3. The molecule has 54 heavy (non-hydrogen) atoms. The van der Waals surface area contributed by atoms with Crippen molar-refractivity contribution in [3.05, 3.63) is 138 Å². The molecule has 0 aliphatic heterocycles. The minimum absolute atomic E-state index is 0.0247. The van der Waals surface area contributed by atoms with E-state index in [1.807, 2.05) is 111 Å². The van der Waals surface area contributed by atoms with Crippen LogP contribution < -0.4 is 26.6 Å². The molecule has 6 N–H and O–H groups in total. The summed E-state index contributed by atoms with van der Waals surface area (Å²) in [6.07, 6.45) is -0.461. The first-order valence-corrected chi connectivity index (χ1v) is 18.3. The molecule has 4 amide bonds. The summed E-state index contributed by atoms with van der Waals surface area (Å²) in [5.74, 6) is -2.24. The molecule has 0 unspecified atom stereocenters. The van der Waals surface area contributed by atoms with Crippen LogP contribution in [0.2, 0.25) is 0 Å². The molecule has 12 heteroatoms. The lowest BCUT2D eigenvalue weighted by atomic mass is 9.93. The predicted octanol–water partition coefficient (Wildman–Crippen LogP) is 4.04. The lowest BCUT2D eigenvalue weighted by Crippen LogP contribution is -2.63. The Morgan fingerprint density at radius 1 is 0.611 bits per heavy atom. The fourth-order valence-corrected chi connectivity index (χ4v) is 5.82. The van der Waals surface area contributed by atoms with Crippen LogP contribution in [0.5, 0.6) is 0 Å². The summed E-state index contributed by atoms with van der Waals surface area (Å²) >= 11 is 0. The van der Waals surface area contributed by atoms with Gasteiger partial charge in [-0.05, 0) is 47.1 Å². The van der Waals surface area contributed by atoms with Gasteiger partial charge in [0.05, 0.1) is 24.4 Å². The van der Waals surface area contributed by atoms with Gasteiger partial charge in [0.25, 0.3) is 0 Å². The second kappa shape index (κ2) is 21.2. The van der Waals surface area contributed by atoms with Crippen molar-refractivity contribution >= 4 is 23.8 Å². The van der Waals surface area contributed by atoms with Crippen LogP contribution in [0.1, 0.15) is 50.1 Å². The highest BCUT2D eigenvalue weighted by atomic mass is 16.5. The van der Waals surface area contributed by atoms with Gasteiger partial charge in [-0.2, -0.15) is 0 Å². The number of nitrogens with one attached hydrogen (secondary N) is 5. The lowest BCUT2D eigenvalue weighted by Gasteiger charge is -2.33. The van der Waals surface area contributed by atoms with Gasteiger partial charge in [-0.3, -0.25) is 24.7 Å². The smallest absolute Gasteiger partial charge is 0.408 e. The summed E-state index contributed by atoms with van der Waals surface area (Å²) < 4.78 is 5.39. The number of amides is 4. The standard InChI is InChI=1S/C42H52N6O6/c1-28(2)35(39(50)45-26-33-22-14-15-23-43-33)47-41(52)37(44-25-31-18-10-6-11-19-31)38(49)34(24-30-16-8-5-9-17-30)46-40(51)36(29(3)4)48-42(53)54-27-32-20-12-7-13-21-32/h5-23,28-29,34-38,44,49H,24-27H2,1-4H3,(H,45,50)(H,46,51)(H,47,52)(H,48,53)/t34-,35-,36-,37+,38-/m0/s1. The van der Waals surface area contributed by atoms with Crippen molar-refractivity contribution < 1.29 is 29.0 Å². The fraction of sp³-hybridized carbons (Fsp3) is 0.357. The molecular weight excluding hydrogens is 684 g/mol. The van der Waals surface area contributed by atoms with Gasteiger partial charge in [0.2, 0.25) is 17.7 Å². The van der Waals surface area contributed by atoms with Crippen LogP contribution in [0.25, 0.3) is 0 Å². The molecular formula is C42H52N6O6. The van der Waals surface area contributed by atoms with E-state index in [9.17, 15) is 24.3 Å². The highest BCUT2D eigenvalue weighted by Crippen LogP contribution is 2.14. The van der Waals surface area contributed by atoms with E-state index in [0.29, 0.717) is 5.69 Å².